The van der Waals surface area contributed by atoms with Gasteiger partial charge in [-0.05, 0) is 24.6 Å². The Kier molecular flexibility index (Phi) is 6.10. The Morgan fingerprint density at radius 1 is 1.33 bits per heavy atom. The lowest BCUT2D eigenvalue weighted by Crippen LogP contribution is -2.31. The van der Waals surface area contributed by atoms with Crippen molar-refractivity contribution in [1.82, 2.24) is 0 Å². The van der Waals surface area contributed by atoms with Crippen molar-refractivity contribution < 1.29 is 28.2 Å². The summed E-state index contributed by atoms with van der Waals surface area (Å²) >= 11 is 0. The highest BCUT2D eigenvalue weighted by Crippen LogP contribution is 2.31. The molecule has 1 aromatic rings. The molecule has 0 spiro atoms. The Balaban J connectivity index is 2.97. The molecular weight excluding hydrogens is 281 g/mol. The number of hydrogen-bond donors (Lipinski definition) is 1. The molecule has 0 heterocycles. The van der Waals surface area contributed by atoms with E-state index in [1.54, 1.807) is 6.92 Å². The fourth-order valence-electron chi connectivity index (χ4n) is 1.67. The molecule has 7 heteroatoms. The number of halogens is 1. The molecular formula is C14H18FNO5. The first-order chi connectivity index (χ1) is 9.90. The van der Waals surface area contributed by atoms with E-state index in [4.69, 9.17) is 15.2 Å². The second-order valence-electron chi connectivity index (χ2n) is 4.18. The Hall–Kier alpha value is -2.15. The van der Waals surface area contributed by atoms with Gasteiger partial charge in [-0.15, -0.1) is 0 Å². The number of methoxy groups -OCH3 is 1. The summed E-state index contributed by atoms with van der Waals surface area (Å²) in [6.45, 7) is 2.89. The Morgan fingerprint density at radius 2 is 2.00 bits per heavy atom. The van der Waals surface area contributed by atoms with Crippen molar-refractivity contribution in [2.75, 3.05) is 13.7 Å². The highest BCUT2D eigenvalue weighted by atomic mass is 19.1. The van der Waals surface area contributed by atoms with Gasteiger partial charge in [0.05, 0.1) is 19.8 Å². The van der Waals surface area contributed by atoms with Crippen LogP contribution in [0.1, 0.15) is 25.5 Å². The Morgan fingerprint density at radius 3 is 2.52 bits per heavy atom. The minimum atomic E-state index is -1.99. The van der Waals surface area contributed by atoms with Gasteiger partial charge in [0.1, 0.15) is 0 Å². The van der Waals surface area contributed by atoms with Crippen LogP contribution in [0, 0.1) is 0 Å². The predicted molar refractivity (Wildman–Crippen MR) is 72.8 cm³/mol. The third kappa shape index (κ3) is 4.42. The maximum absolute atomic E-state index is 13.9. The van der Waals surface area contributed by atoms with E-state index in [-0.39, 0.29) is 18.1 Å². The van der Waals surface area contributed by atoms with Gasteiger partial charge >= 0.3 is 11.9 Å². The smallest absolute Gasteiger partial charge is 0.342 e. The maximum atomic E-state index is 13.9. The summed E-state index contributed by atoms with van der Waals surface area (Å²) in [5.41, 5.74) is 6.03. The van der Waals surface area contributed by atoms with Gasteiger partial charge in [-0.1, -0.05) is 6.07 Å². The lowest BCUT2D eigenvalue weighted by Gasteiger charge is -2.17. The summed E-state index contributed by atoms with van der Waals surface area (Å²) in [7, 11) is 1.37. The van der Waals surface area contributed by atoms with Gasteiger partial charge in [-0.3, -0.25) is 4.79 Å². The van der Waals surface area contributed by atoms with Crippen LogP contribution in [0.5, 0.6) is 11.5 Å². The highest BCUT2D eigenvalue weighted by Gasteiger charge is 2.28. The quantitative estimate of drug-likeness (QED) is 0.633. The molecule has 1 aromatic carbocycles. The summed E-state index contributed by atoms with van der Waals surface area (Å²) in [6.07, 6.45) is -1.99. The van der Waals surface area contributed by atoms with Gasteiger partial charge in [0.15, 0.2) is 11.5 Å². The van der Waals surface area contributed by atoms with E-state index in [1.807, 2.05) is 0 Å². The zero-order chi connectivity index (χ0) is 16.0. The van der Waals surface area contributed by atoms with Crippen LogP contribution in [0.2, 0.25) is 0 Å². The van der Waals surface area contributed by atoms with Crippen molar-refractivity contribution >= 4 is 11.9 Å². The molecule has 2 N–H and O–H groups in total. The van der Waals surface area contributed by atoms with Gasteiger partial charge in [0, 0.05) is 6.92 Å². The van der Waals surface area contributed by atoms with Crippen molar-refractivity contribution in [2.24, 2.45) is 5.73 Å². The SMILES string of the molecule is CCOC(=O)C(F)[C@@H](N)c1ccc(OC(C)=O)c(OC)c1. The van der Waals surface area contributed by atoms with Crippen LogP contribution in [0.3, 0.4) is 0 Å². The van der Waals surface area contributed by atoms with E-state index in [0.717, 1.165) is 0 Å². The number of rotatable bonds is 6. The van der Waals surface area contributed by atoms with E-state index >= 15 is 0 Å². The summed E-state index contributed by atoms with van der Waals surface area (Å²) in [4.78, 5) is 22.3. The first-order valence-corrected chi connectivity index (χ1v) is 6.33. The van der Waals surface area contributed by atoms with Crippen molar-refractivity contribution in [3.63, 3.8) is 0 Å². The number of carbonyl (C=O) groups excluding carboxylic acids is 2. The number of carbonyl (C=O) groups is 2. The molecule has 0 aliphatic rings. The lowest BCUT2D eigenvalue weighted by molar-refractivity contribution is -0.150. The summed E-state index contributed by atoms with van der Waals surface area (Å²) in [6, 6.07) is 3.09. The molecule has 0 aliphatic heterocycles. The fourth-order valence-corrected chi connectivity index (χ4v) is 1.67. The van der Waals surface area contributed by atoms with Crippen molar-refractivity contribution in [1.29, 1.82) is 0 Å². The number of ether oxygens (including phenoxy) is 3. The van der Waals surface area contributed by atoms with E-state index in [9.17, 15) is 14.0 Å². The van der Waals surface area contributed by atoms with Gasteiger partial charge in [0.2, 0.25) is 6.17 Å². The van der Waals surface area contributed by atoms with E-state index in [0.29, 0.717) is 5.56 Å². The van der Waals surface area contributed by atoms with Gasteiger partial charge < -0.3 is 19.9 Å². The topological polar surface area (TPSA) is 87.9 Å². The average molecular weight is 299 g/mol. The number of esters is 2. The molecule has 0 aromatic heterocycles. The largest absolute Gasteiger partial charge is 0.493 e. The molecule has 21 heavy (non-hydrogen) atoms. The number of hydrogen-bond acceptors (Lipinski definition) is 6. The van der Waals surface area contributed by atoms with Crippen LogP contribution < -0.4 is 15.2 Å². The zero-order valence-electron chi connectivity index (χ0n) is 12.1. The molecule has 0 bridgehead atoms. The molecule has 1 unspecified atom stereocenters. The van der Waals surface area contributed by atoms with Crippen LogP contribution in [0.4, 0.5) is 4.39 Å². The second kappa shape index (κ2) is 7.58. The molecule has 1 rings (SSSR count). The van der Waals surface area contributed by atoms with Gasteiger partial charge in [-0.25, -0.2) is 9.18 Å². The normalized spacial score (nSPS) is 13.2. The monoisotopic (exact) mass is 299 g/mol. The average Bonchev–Trinajstić information content (AvgIpc) is 2.45. The van der Waals surface area contributed by atoms with Crippen LogP contribution in [-0.4, -0.2) is 31.8 Å². The first kappa shape index (κ1) is 16.9. The molecule has 0 radical (unpaired) electrons. The predicted octanol–water partition coefficient (Wildman–Crippen LogP) is 1.52. The van der Waals surface area contributed by atoms with Crippen molar-refractivity contribution in [3.05, 3.63) is 23.8 Å². The van der Waals surface area contributed by atoms with Crippen LogP contribution >= 0.6 is 0 Å². The summed E-state index contributed by atoms with van der Waals surface area (Å²) < 4.78 is 28.4. The van der Waals surface area contributed by atoms with E-state index in [2.05, 4.69) is 4.74 Å². The highest BCUT2D eigenvalue weighted by molar-refractivity contribution is 5.76. The number of nitrogens with two attached hydrogens (primary N) is 1. The van der Waals surface area contributed by atoms with Crippen LogP contribution in [0.25, 0.3) is 0 Å². The molecule has 0 amide bonds. The first-order valence-electron chi connectivity index (χ1n) is 6.33. The van der Waals surface area contributed by atoms with E-state index < -0.39 is 24.2 Å². The van der Waals surface area contributed by atoms with Gasteiger partial charge in [-0.2, -0.15) is 0 Å². The minimum Gasteiger partial charge on any atom is -0.493 e. The van der Waals surface area contributed by atoms with E-state index in [1.165, 1.54) is 32.2 Å². The molecule has 0 saturated heterocycles. The molecule has 0 fully saturated rings. The summed E-state index contributed by atoms with van der Waals surface area (Å²) in [5, 5.41) is 0. The molecule has 6 nitrogen and oxygen atoms in total. The molecule has 2 atom stereocenters. The van der Waals surface area contributed by atoms with Crippen LogP contribution in [-0.2, 0) is 14.3 Å². The van der Waals surface area contributed by atoms with Gasteiger partial charge in [0.25, 0.3) is 0 Å². The fraction of sp³-hybridized carbons (Fsp3) is 0.429. The molecule has 0 saturated carbocycles. The number of benzene rings is 1. The Labute approximate surface area is 122 Å². The maximum Gasteiger partial charge on any atom is 0.342 e. The summed E-state index contributed by atoms with van der Waals surface area (Å²) in [5.74, 6) is -1.13. The molecule has 116 valence electrons. The van der Waals surface area contributed by atoms with Crippen molar-refractivity contribution in [3.8, 4) is 11.5 Å². The van der Waals surface area contributed by atoms with Crippen molar-refractivity contribution in [2.45, 2.75) is 26.1 Å². The standard InChI is InChI=1S/C14H18FNO5/c1-4-20-14(18)12(15)13(16)9-5-6-10(21-8(2)17)11(7-9)19-3/h5-7,12-13H,4,16H2,1-3H3/t12?,13-/m0/s1. The number of alkyl halides is 1. The third-order valence-corrected chi connectivity index (χ3v) is 2.65. The minimum absolute atomic E-state index is 0.0701. The zero-order valence-corrected chi connectivity index (χ0v) is 12.1. The second-order valence-corrected chi connectivity index (χ2v) is 4.18. The third-order valence-electron chi connectivity index (χ3n) is 2.65. The Bertz CT molecular complexity index is 520. The lowest BCUT2D eigenvalue weighted by atomic mass is 10.0. The van der Waals surface area contributed by atoms with Crippen LogP contribution in [0.15, 0.2) is 18.2 Å². The molecule has 0 aliphatic carbocycles.